The maximum Gasteiger partial charge on any atom is 0.229 e. The number of carbonyl (C=O) groups excluding carboxylic acids is 2. The number of Topliss-reactive ketones (excluding diaryl/α,β-unsaturated/α-hetero) is 1. The first kappa shape index (κ1) is 16.1. The lowest BCUT2D eigenvalue weighted by Gasteiger charge is -2.19. The van der Waals surface area contributed by atoms with Gasteiger partial charge >= 0.3 is 0 Å². The van der Waals surface area contributed by atoms with Crippen LogP contribution in [-0.4, -0.2) is 30.6 Å². The van der Waals surface area contributed by atoms with Gasteiger partial charge in [0.2, 0.25) is 5.91 Å². The number of ketones is 1. The normalized spacial score (nSPS) is 11.1. The van der Waals surface area contributed by atoms with E-state index in [4.69, 9.17) is 9.47 Å². The predicted octanol–water partition coefficient (Wildman–Crippen LogP) is 2.25. The van der Waals surface area contributed by atoms with Gasteiger partial charge in [-0.05, 0) is 6.92 Å². The minimum absolute atomic E-state index is 0.00136. The predicted molar refractivity (Wildman–Crippen MR) is 74.8 cm³/mol. The van der Waals surface area contributed by atoms with Gasteiger partial charge in [-0.25, -0.2) is 0 Å². The van der Waals surface area contributed by atoms with Crippen molar-refractivity contribution in [1.29, 1.82) is 0 Å². The van der Waals surface area contributed by atoms with E-state index in [0.29, 0.717) is 5.69 Å². The van der Waals surface area contributed by atoms with E-state index >= 15 is 0 Å². The van der Waals surface area contributed by atoms with E-state index in [1.807, 2.05) is 0 Å². The molecule has 1 amide bonds. The van der Waals surface area contributed by atoms with Crippen LogP contribution in [0.3, 0.4) is 0 Å². The Balaban J connectivity index is 3.13. The molecule has 1 rings (SSSR count). The third kappa shape index (κ3) is 4.03. The summed E-state index contributed by atoms with van der Waals surface area (Å²) in [6.45, 7) is 6.76. The molecule has 20 heavy (non-hydrogen) atoms. The number of hydrogen-bond donors (Lipinski definition) is 1. The minimum atomic E-state index is -0.572. The van der Waals surface area contributed by atoms with Crippen molar-refractivity contribution < 1.29 is 19.1 Å². The molecule has 110 valence electrons. The molecule has 0 saturated carbocycles. The fourth-order valence-corrected chi connectivity index (χ4v) is 1.44. The number of carbonyl (C=O) groups is 2. The Morgan fingerprint density at radius 3 is 2.45 bits per heavy atom. The lowest BCUT2D eigenvalue weighted by molar-refractivity contribution is -0.123. The summed E-state index contributed by atoms with van der Waals surface area (Å²) in [5, 5.41) is 2.71. The summed E-state index contributed by atoms with van der Waals surface area (Å²) >= 11 is 0. The molecule has 0 atom stereocenters. The Labute approximate surface area is 118 Å². The number of methoxy groups -OCH3 is 1. The van der Waals surface area contributed by atoms with Crippen LogP contribution < -0.4 is 10.1 Å². The molecule has 0 fully saturated rings. The fraction of sp³-hybridized carbons (Fsp3) is 0.500. The highest BCUT2D eigenvalue weighted by Crippen LogP contribution is 2.27. The van der Waals surface area contributed by atoms with Crippen molar-refractivity contribution >= 4 is 17.4 Å². The van der Waals surface area contributed by atoms with Crippen LogP contribution in [0.4, 0.5) is 5.69 Å². The van der Waals surface area contributed by atoms with Gasteiger partial charge in [-0.1, -0.05) is 20.8 Å². The maximum absolute atomic E-state index is 12.0. The van der Waals surface area contributed by atoms with Gasteiger partial charge in [-0.3, -0.25) is 14.6 Å². The Morgan fingerprint density at radius 2 is 1.95 bits per heavy atom. The quantitative estimate of drug-likeness (QED) is 0.661. The molecule has 0 aliphatic rings. The molecule has 1 aromatic heterocycles. The minimum Gasteiger partial charge on any atom is -0.465 e. The monoisotopic (exact) mass is 280 g/mol. The molecule has 6 heteroatoms. The number of hydrogen-bond acceptors (Lipinski definition) is 5. The van der Waals surface area contributed by atoms with Gasteiger partial charge in [0.1, 0.15) is 0 Å². The molecular formula is C14H20N2O4. The molecule has 1 aromatic rings. The van der Waals surface area contributed by atoms with Gasteiger partial charge in [0.05, 0.1) is 23.6 Å². The van der Waals surface area contributed by atoms with Crippen molar-refractivity contribution in [2.45, 2.75) is 27.7 Å². The highest BCUT2D eigenvalue weighted by Gasteiger charge is 2.24. The maximum atomic E-state index is 12.0. The zero-order chi connectivity index (χ0) is 15.3. The summed E-state index contributed by atoms with van der Waals surface area (Å²) in [5.74, 6) is -0.139. The van der Waals surface area contributed by atoms with Gasteiger partial charge in [0, 0.05) is 12.5 Å². The molecule has 0 saturated heterocycles. The summed E-state index contributed by atoms with van der Waals surface area (Å²) in [6, 6.07) is 0. The molecule has 0 aliphatic carbocycles. The Bertz CT molecular complexity index is 506. The third-order valence-corrected chi connectivity index (χ3v) is 2.52. The smallest absolute Gasteiger partial charge is 0.229 e. The zero-order valence-electron chi connectivity index (χ0n) is 12.4. The number of pyridine rings is 1. The van der Waals surface area contributed by atoms with E-state index in [1.165, 1.54) is 26.4 Å². The van der Waals surface area contributed by atoms with Crippen LogP contribution in [-0.2, 0) is 9.53 Å². The van der Waals surface area contributed by atoms with Crippen molar-refractivity contribution in [1.82, 2.24) is 4.98 Å². The van der Waals surface area contributed by atoms with Gasteiger partial charge in [-0.15, -0.1) is 0 Å². The molecule has 1 N–H and O–H groups in total. The molecule has 0 bridgehead atoms. The van der Waals surface area contributed by atoms with E-state index in [-0.39, 0.29) is 29.8 Å². The van der Waals surface area contributed by atoms with Crippen molar-refractivity contribution in [3.63, 3.8) is 0 Å². The zero-order valence-corrected chi connectivity index (χ0v) is 12.4. The van der Waals surface area contributed by atoms with Crippen LogP contribution in [0, 0.1) is 5.41 Å². The molecular weight excluding hydrogens is 260 g/mol. The molecule has 0 unspecified atom stereocenters. The van der Waals surface area contributed by atoms with E-state index in [1.54, 1.807) is 20.8 Å². The van der Waals surface area contributed by atoms with E-state index in [9.17, 15) is 9.59 Å². The molecule has 0 spiro atoms. The molecule has 0 aromatic carbocycles. The number of ether oxygens (including phenoxy) is 2. The van der Waals surface area contributed by atoms with Gasteiger partial charge < -0.3 is 14.8 Å². The van der Waals surface area contributed by atoms with Crippen molar-refractivity contribution in [3.8, 4) is 5.75 Å². The Kier molecular flexibility index (Phi) is 5.21. The molecule has 6 nitrogen and oxygen atoms in total. The van der Waals surface area contributed by atoms with Gasteiger partial charge in [0.25, 0.3) is 0 Å². The van der Waals surface area contributed by atoms with E-state index < -0.39 is 5.41 Å². The molecule has 0 radical (unpaired) electrons. The number of amides is 1. The number of nitrogens with zero attached hydrogens (tertiary/aromatic N) is 1. The second-order valence-electron chi connectivity index (χ2n) is 5.37. The van der Waals surface area contributed by atoms with Crippen molar-refractivity contribution in [3.05, 3.63) is 18.0 Å². The lowest BCUT2D eigenvalue weighted by atomic mass is 9.95. The summed E-state index contributed by atoms with van der Waals surface area (Å²) in [5.41, 5.74) is 0.0537. The molecule has 0 aliphatic heterocycles. The summed E-state index contributed by atoms with van der Waals surface area (Å²) < 4.78 is 10.1. The van der Waals surface area contributed by atoms with Crippen LogP contribution in [0.1, 0.15) is 38.1 Å². The largest absolute Gasteiger partial charge is 0.465 e. The number of aromatic nitrogens is 1. The van der Waals surface area contributed by atoms with Crippen molar-refractivity contribution in [2.24, 2.45) is 5.41 Å². The topological polar surface area (TPSA) is 77.5 Å². The second-order valence-corrected chi connectivity index (χ2v) is 5.37. The van der Waals surface area contributed by atoms with Crippen LogP contribution in [0.5, 0.6) is 5.75 Å². The van der Waals surface area contributed by atoms with Crippen molar-refractivity contribution in [2.75, 3.05) is 19.2 Å². The average molecular weight is 280 g/mol. The number of nitrogens with one attached hydrogen (secondary N) is 1. The Morgan fingerprint density at radius 1 is 1.30 bits per heavy atom. The van der Waals surface area contributed by atoms with Gasteiger partial charge in [-0.2, -0.15) is 0 Å². The number of rotatable bonds is 5. The molecule has 1 heterocycles. The van der Waals surface area contributed by atoms with Crippen LogP contribution in [0.15, 0.2) is 12.4 Å². The second kappa shape index (κ2) is 6.47. The number of anilines is 1. The first-order valence-corrected chi connectivity index (χ1v) is 6.19. The third-order valence-electron chi connectivity index (χ3n) is 2.52. The fourth-order valence-electron chi connectivity index (χ4n) is 1.44. The average Bonchev–Trinajstić information content (AvgIpc) is 2.34. The standard InChI is InChI=1S/C14H20N2O4/c1-9(17)12-10(16-13(18)14(2,3)4)6-15-7-11(12)20-8-19-5/h6-7H,8H2,1-5H3,(H,16,18). The highest BCUT2D eigenvalue weighted by atomic mass is 16.7. The first-order valence-electron chi connectivity index (χ1n) is 6.19. The van der Waals surface area contributed by atoms with Crippen LogP contribution in [0.2, 0.25) is 0 Å². The summed E-state index contributed by atoms with van der Waals surface area (Å²) in [7, 11) is 1.48. The highest BCUT2D eigenvalue weighted by molar-refractivity contribution is 6.06. The summed E-state index contributed by atoms with van der Waals surface area (Å²) in [4.78, 5) is 27.8. The van der Waals surface area contributed by atoms with E-state index in [0.717, 1.165) is 0 Å². The lowest BCUT2D eigenvalue weighted by Crippen LogP contribution is -2.28. The van der Waals surface area contributed by atoms with Crippen LogP contribution >= 0.6 is 0 Å². The SMILES string of the molecule is COCOc1cncc(NC(=O)C(C)(C)C)c1C(C)=O. The van der Waals surface area contributed by atoms with Gasteiger partial charge in [0.15, 0.2) is 18.3 Å². The first-order chi connectivity index (χ1) is 9.27. The van der Waals surface area contributed by atoms with E-state index in [2.05, 4.69) is 10.3 Å². The van der Waals surface area contributed by atoms with Crippen LogP contribution in [0.25, 0.3) is 0 Å². The Hall–Kier alpha value is -1.95. The summed E-state index contributed by atoms with van der Waals surface area (Å²) in [6.07, 6.45) is 2.85.